The molecule has 0 saturated heterocycles. The molecule has 0 fully saturated rings. The van der Waals surface area contributed by atoms with Crippen LogP contribution in [0.2, 0.25) is 0 Å². The van der Waals surface area contributed by atoms with E-state index < -0.39 is 0 Å². The maximum atomic E-state index is 3.39. The first-order chi connectivity index (χ1) is 6.25. The van der Waals surface area contributed by atoms with Crippen LogP contribution >= 0.6 is 0 Å². The van der Waals surface area contributed by atoms with Gasteiger partial charge in [0.05, 0.1) is 0 Å². The standard InChI is InChI=1S/C12H15N/c1-9-5-3-4-6-11-8-10(2)13-12(11)7-9/h3-9,11,13H,1-2H3/b5-3-,6-4?,12-7+. The summed E-state index contributed by atoms with van der Waals surface area (Å²) < 4.78 is 0. The van der Waals surface area contributed by atoms with Crippen LogP contribution in [-0.2, 0) is 0 Å². The molecular weight excluding hydrogens is 158 g/mol. The first kappa shape index (κ1) is 8.36. The number of nitrogens with one attached hydrogen (secondary N) is 1. The van der Waals surface area contributed by atoms with E-state index >= 15 is 0 Å². The number of hydrogen-bond donors (Lipinski definition) is 1. The Morgan fingerprint density at radius 2 is 1.92 bits per heavy atom. The minimum Gasteiger partial charge on any atom is -0.362 e. The SMILES string of the molecule is CC1=CC2C=C/C=C\C(C)/C=C\2N1. The lowest BCUT2D eigenvalue weighted by Gasteiger charge is -2.11. The van der Waals surface area contributed by atoms with Crippen molar-refractivity contribution in [3.05, 3.63) is 47.9 Å². The highest BCUT2D eigenvalue weighted by Gasteiger charge is 2.16. The molecule has 0 bridgehead atoms. The fourth-order valence-corrected chi connectivity index (χ4v) is 1.79. The molecule has 2 unspecified atom stereocenters. The van der Waals surface area contributed by atoms with Crippen LogP contribution in [0.4, 0.5) is 0 Å². The molecule has 0 saturated carbocycles. The lowest BCUT2D eigenvalue weighted by Crippen LogP contribution is -2.09. The first-order valence-electron chi connectivity index (χ1n) is 4.78. The van der Waals surface area contributed by atoms with E-state index in [1.54, 1.807) is 0 Å². The second-order valence-electron chi connectivity index (χ2n) is 3.75. The molecule has 1 heteroatoms. The molecule has 0 aromatic carbocycles. The van der Waals surface area contributed by atoms with E-state index in [-0.39, 0.29) is 0 Å². The van der Waals surface area contributed by atoms with Gasteiger partial charge in [-0.25, -0.2) is 0 Å². The highest BCUT2D eigenvalue weighted by atomic mass is 14.9. The van der Waals surface area contributed by atoms with Crippen molar-refractivity contribution >= 4 is 0 Å². The fraction of sp³-hybridized carbons (Fsp3) is 0.333. The van der Waals surface area contributed by atoms with Gasteiger partial charge in [0.1, 0.15) is 0 Å². The highest BCUT2D eigenvalue weighted by molar-refractivity contribution is 5.33. The van der Waals surface area contributed by atoms with Crippen LogP contribution in [0.25, 0.3) is 0 Å². The summed E-state index contributed by atoms with van der Waals surface area (Å²) in [5.41, 5.74) is 2.58. The Morgan fingerprint density at radius 1 is 1.15 bits per heavy atom. The maximum Gasteiger partial charge on any atom is 0.0370 e. The van der Waals surface area contributed by atoms with Crippen LogP contribution < -0.4 is 5.32 Å². The van der Waals surface area contributed by atoms with Gasteiger partial charge < -0.3 is 5.32 Å². The van der Waals surface area contributed by atoms with Crippen molar-refractivity contribution in [1.29, 1.82) is 0 Å². The molecule has 0 amide bonds. The van der Waals surface area contributed by atoms with E-state index in [9.17, 15) is 0 Å². The number of allylic oxidation sites excluding steroid dienone is 6. The number of rotatable bonds is 0. The van der Waals surface area contributed by atoms with Crippen molar-refractivity contribution in [3.63, 3.8) is 0 Å². The molecule has 2 aliphatic rings. The van der Waals surface area contributed by atoms with Crippen LogP contribution in [0.3, 0.4) is 0 Å². The Hall–Kier alpha value is -1.24. The van der Waals surface area contributed by atoms with Crippen LogP contribution in [-0.4, -0.2) is 0 Å². The van der Waals surface area contributed by atoms with Gasteiger partial charge in [0.2, 0.25) is 0 Å². The van der Waals surface area contributed by atoms with Gasteiger partial charge in [-0.05, 0) is 12.8 Å². The summed E-state index contributed by atoms with van der Waals surface area (Å²) in [4.78, 5) is 0. The zero-order chi connectivity index (χ0) is 9.26. The second-order valence-corrected chi connectivity index (χ2v) is 3.75. The Bertz CT molecular complexity index is 318. The molecule has 1 N–H and O–H groups in total. The molecule has 2 atom stereocenters. The molecule has 1 aliphatic carbocycles. The molecule has 0 spiro atoms. The average molecular weight is 173 g/mol. The van der Waals surface area contributed by atoms with Crippen LogP contribution in [0.1, 0.15) is 13.8 Å². The predicted octanol–water partition coefficient (Wildman–Crippen LogP) is 2.76. The topological polar surface area (TPSA) is 12.0 Å². The minimum atomic E-state index is 0.465. The quantitative estimate of drug-likeness (QED) is 0.594. The molecule has 1 nitrogen and oxygen atoms in total. The van der Waals surface area contributed by atoms with Gasteiger partial charge in [-0.1, -0.05) is 43.4 Å². The van der Waals surface area contributed by atoms with Gasteiger partial charge >= 0.3 is 0 Å². The van der Waals surface area contributed by atoms with Crippen molar-refractivity contribution < 1.29 is 0 Å². The van der Waals surface area contributed by atoms with Gasteiger partial charge in [-0.2, -0.15) is 0 Å². The monoisotopic (exact) mass is 173 g/mol. The molecule has 0 aromatic rings. The van der Waals surface area contributed by atoms with Crippen molar-refractivity contribution in [2.45, 2.75) is 13.8 Å². The smallest absolute Gasteiger partial charge is 0.0370 e. The average Bonchev–Trinajstić information content (AvgIpc) is 2.36. The highest BCUT2D eigenvalue weighted by Crippen LogP contribution is 2.24. The molecular formula is C12H15N. The molecule has 68 valence electrons. The molecule has 1 aliphatic heterocycles. The van der Waals surface area contributed by atoms with Gasteiger partial charge in [0, 0.05) is 17.3 Å². The van der Waals surface area contributed by atoms with Gasteiger partial charge in [-0.3, -0.25) is 0 Å². The largest absolute Gasteiger partial charge is 0.362 e. The lowest BCUT2D eigenvalue weighted by molar-refractivity contribution is 0.835. The van der Waals surface area contributed by atoms with Gasteiger partial charge in [0.15, 0.2) is 0 Å². The summed E-state index contributed by atoms with van der Waals surface area (Å²) in [6.45, 7) is 4.31. The fourth-order valence-electron chi connectivity index (χ4n) is 1.79. The van der Waals surface area contributed by atoms with Crippen LogP contribution in [0.15, 0.2) is 47.9 Å². The third-order valence-corrected chi connectivity index (χ3v) is 2.42. The second kappa shape index (κ2) is 3.25. The normalized spacial score (nSPS) is 37.7. The van der Waals surface area contributed by atoms with Crippen LogP contribution in [0, 0.1) is 11.8 Å². The molecule has 0 radical (unpaired) electrons. The Kier molecular flexibility index (Phi) is 2.09. The maximum absolute atomic E-state index is 3.39. The van der Waals surface area contributed by atoms with Crippen LogP contribution in [0.5, 0.6) is 0 Å². The first-order valence-corrected chi connectivity index (χ1v) is 4.78. The summed E-state index contributed by atoms with van der Waals surface area (Å²) in [7, 11) is 0. The van der Waals surface area contributed by atoms with E-state index in [1.807, 2.05) is 0 Å². The van der Waals surface area contributed by atoms with Crippen molar-refractivity contribution in [1.82, 2.24) is 5.32 Å². The van der Waals surface area contributed by atoms with Gasteiger partial charge in [0.25, 0.3) is 0 Å². The van der Waals surface area contributed by atoms with E-state index in [4.69, 9.17) is 0 Å². The molecule has 0 aromatic heterocycles. The summed E-state index contributed by atoms with van der Waals surface area (Å²) in [6.07, 6.45) is 13.2. The number of fused-ring (bicyclic) bond motifs is 1. The van der Waals surface area contributed by atoms with Crippen molar-refractivity contribution in [2.75, 3.05) is 0 Å². The Balaban J connectivity index is 2.32. The Morgan fingerprint density at radius 3 is 2.77 bits per heavy atom. The summed E-state index contributed by atoms with van der Waals surface area (Å²) in [5, 5.41) is 3.39. The summed E-state index contributed by atoms with van der Waals surface area (Å²) in [5.74, 6) is 0.988. The van der Waals surface area contributed by atoms with E-state index in [2.05, 4.69) is 55.6 Å². The molecule has 13 heavy (non-hydrogen) atoms. The zero-order valence-corrected chi connectivity index (χ0v) is 8.12. The summed E-state index contributed by atoms with van der Waals surface area (Å²) >= 11 is 0. The third kappa shape index (κ3) is 1.74. The van der Waals surface area contributed by atoms with Gasteiger partial charge in [-0.15, -0.1) is 0 Å². The van der Waals surface area contributed by atoms with Crippen molar-refractivity contribution in [2.24, 2.45) is 11.8 Å². The predicted molar refractivity (Wildman–Crippen MR) is 55.9 cm³/mol. The molecule has 1 heterocycles. The Labute approximate surface area is 79.5 Å². The molecule has 2 rings (SSSR count). The third-order valence-electron chi connectivity index (χ3n) is 2.42. The van der Waals surface area contributed by atoms with Crippen molar-refractivity contribution in [3.8, 4) is 0 Å². The van der Waals surface area contributed by atoms with E-state index in [0.717, 1.165) is 0 Å². The van der Waals surface area contributed by atoms with E-state index in [1.165, 1.54) is 11.4 Å². The minimum absolute atomic E-state index is 0.465. The van der Waals surface area contributed by atoms with E-state index in [0.29, 0.717) is 11.8 Å². The number of hydrogen-bond acceptors (Lipinski definition) is 1. The lowest BCUT2D eigenvalue weighted by atomic mass is 10.00. The zero-order valence-electron chi connectivity index (χ0n) is 8.12. The summed E-state index contributed by atoms with van der Waals surface area (Å²) in [6, 6.07) is 0.